The van der Waals surface area contributed by atoms with Crippen LogP contribution in [0.15, 0.2) is 79.3 Å². The largest absolute Gasteiger partial charge is 0.351 e. The molecule has 2 N–H and O–H groups in total. The highest BCUT2D eigenvalue weighted by Crippen LogP contribution is 2.21. The maximum absolute atomic E-state index is 13.5. The van der Waals surface area contributed by atoms with Crippen LogP contribution in [0.25, 0.3) is 10.8 Å². The molecule has 1 fully saturated rings. The van der Waals surface area contributed by atoms with Crippen molar-refractivity contribution in [1.29, 1.82) is 5.26 Å². The Morgan fingerprint density at radius 3 is 2.52 bits per heavy atom. The van der Waals surface area contributed by atoms with Crippen molar-refractivity contribution in [2.75, 3.05) is 26.2 Å². The van der Waals surface area contributed by atoms with Crippen LogP contribution in [0.3, 0.4) is 0 Å². The molecule has 0 saturated carbocycles. The number of benzene rings is 3. The maximum atomic E-state index is 13.5. The van der Waals surface area contributed by atoms with Crippen LogP contribution in [0.4, 0.5) is 0 Å². The number of amides is 2. The minimum absolute atomic E-state index is 0.0249. The van der Waals surface area contributed by atoms with Crippen LogP contribution in [-0.2, 0) is 29.1 Å². The Morgan fingerprint density at radius 1 is 1.00 bits per heavy atom. The van der Waals surface area contributed by atoms with Gasteiger partial charge in [-0.2, -0.15) is 5.26 Å². The smallest absolute Gasteiger partial charge is 0.248 e. The lowest BCUT2D eigenvalue weighted by Gasteiger charge is -2.33. The first-order valence-electron chi connectivity index (χ1n) is 16.4. The van der Waals surface area contributed by atoms with E-state index in [0.29, 0.717) is 25.2 Å². The van der Waals surface area contributed by atoms with Gasteiger partial charge in [-0.15, -0.1) is 0 Å². The molecule has 1 saturated heterocycles. The summed E-state index contributed by atoms with van der Waals surface area (Å²) in [6, 6.07) is 24.1. The summed E-state index contributed by atoms with van der Waals surface area (Å²) in [5, 5.41) is 16.8. The van der Waals surface area contributed by atoms with Crippen LogP contribution in [0, 0.1) is 17.2 Å². The Labute approximate surface area is 272 Å². The first-order valence-corrected chi connectivity index (χ1v) is 16.4. The van der Waals surface area contributed by atoms with Gasteiger partial charge in [0.1, 0.15) is 0 Å². The summed E-state index contributed by atoms with van der Waals surface area (Å²) in [5.41, 5.74) is 6.75. The van der Waals surface area contributed by atoms with E-state index in [0.717, 1.165) is 49.2 Å². The Hall–Kier alpha value is -4.52. The molecular weight excluding hydrogens is 574 g/mol. The van der Waals surface area contributed by atoms with Gasteiger partial charge >= 0.3 is 0 Å². The number of piperidine rings is 1. The van der Waals surface area contributed by atoms with Crippen LogP contribution in [-0.4, -0.2) is 63.5 Å². The molecule has 5 rings (SSSR count). The maximum Gasteiger partial charge on any atom is 0.248 e. The minimum Gasteiger partial charge on any atom is -0.351 e. The number of imidazole rings is 1. The monoisotopic (exact) mass is 619 g/mol. The Morgan fingerprint density at radius 2 is 1.76 bits per heavy atom. The predicted molar refractivity (Wildman–Crippen MR) is 180 cm³/mol. The van der Waals surface area contributed by atoms with E-state index in [1.54, 1.807) is 24.7 Å². The van der Waals surface area contributed by atoms with E-state index in [1.807, 2.05) is 33.8 Å². The minimum atomic E-state index is -0.148. The molecule has 2 atom stereocenters. The van der Waals surface area contributed by atoms with E-state index in [9.17, 15) is 9.59 Å². The van der Waals surface area contributed by atoms with E-state index in [1.165, 1.54) is 17.2 Å². The molecule has 1 aliphatic rings. The van der Waals surface area contributed by atoms with Crippen LogP contribution in [0.1, 0.15) is 61.9 Å². The molecular formula is C37H45N7O2. The molecule has 240 valence electrons. The van der Waals surface area contributed by atoms with Gasteiger partial charge in [-0.05, 0) is 52.8 Å². The summed E-state index contributed by atoms with van der Waals surface area (Å²) < 4.78 is 1.97. The third kappa shape index (κ3) is 9.03. The second kappa shape index (κ2) is 16.2. The number of rotatable bonds is 14. The Balaban J connectivity index is 1.30. The molecule has 3 aromatic carbocycles. The van der Waals surface area contributed by atoms with Crippen molar-refractivity contribution < 1.29 is 9.59 Å². The molecule has 0 spiro atoms. The van der Waals surface area contributed by atoms with Gasteiger partial charge in [0.25, 0.3) is 0 Å². The molecule has 1 aliphatic heterocycles. The molecule has 4 aromatic rings. The highest BCUT2D eigenvalue weighted by Gasteiger charge is 2.25. The summed E-state index contributed by atoms with van der Waals surface area (Å²) in [6.07, 6.45) is 7.94. The Bertz CT molecular complexity index is 1630. The molecule has 0 aliphatic carbocycles. The first-order chi connectivity index (χ1) is 22.4. The van der Waals surface area contributed by atoms with Crippen molar-refractivity contribution in [3.63, 3.8) is 0 Å². The van der Waals surface area contributed by atoms with Crippen LogP contribution in [0.2, 0.25) is 0 Å². The summed E-state index contributed by atoms with van der Waals surface area (Å²) in [7, 11) is 0. The average molecular weight is 620 g/mol. The lowest BCUT2D eigenvalue weighted by atomic mass is 9.97. The van der Waals surface area contributed by atoms with Gasteiger partial charge in [-0.1, -0.05) is 81.3 Å². The number of hydrazine groups is 1. The fourth-order valence-electron chi connectivity index (χ4n) is 6.15. The van der Waals surface area contributed by atoms with Crippen molar-refractivity contribution in [3.8, 4) is 6.07 Å². The topological polar surface area (TPSA) is 106 Å². The molecule has 46 heavy (non-hydrogen) atoms. The van der Waals surface area contributed by atoms with Crippen molar-refractivity contribution in [1.82, 2.24) is 30.2 Å². The lowest BCUT2D eigenvalue weighted by Crippen LogP contribution is -2.52. The van der Waals surface area contributed by atoms with Gasteiger partial charge in [-0.25, -0.2) is 9.99 Å². The molecule has 0 unspecified atom stereocenters. The third-order valence-electron chi connectivity index (χ3n) is 8.99. The number of fused-ring (bicyclic) bond motifs is 1. The van der Waals surface area contributed by atoms with Gasteiger partial charge in [-0.3, -0.25) is 19.9 Å². The van der Waals surface area contributed by atoms with Crippen molar-refractivity contribution in [2.45, 2.75) is 65.1 Å². The van der Waals surface area contributed by atoms with Crippen molar-refractivity contribution >= 4 is 22.6 Å². The van der Waals surface area contributed by atoms with Crippen LogP contribution >= 0.6 is 0 Å². The van der Waals surface area contributed by atoms with Crippen molar-refractivity contribution in [2.24, 2.45) is 5.92 Å². The summed E-state index contributed by atoms with van der Waals surface area (Å²) >= 11 is 0. The zero-order valence-corrected chi connectivity index (χ0v) is 27.0. The number of carbonyl (C=O) groups excluding carboxylic acids is 2. The third-order valence-corrected chi connectivity index (χ3v) is 8.99. The second-order valence-corrected chi connectivity index (χ2v) is 12.4. The van der Waals surface area contributed by atoms with Gasteiger partial charge in [0, 0.05) is 50.7 Å². The van der Waals surface area contributed by atoms with Gasteiger partial charge in [0.2, 0.25) is 11.8 Å². The molecule has 9 nitrogen and oxygen atoms in total. The standard InChI is InChI=1S/C37H45N7O2/c1-3-28(2)35(40-36(45)20-33-22-39-27-43(33)23-30-16-14-29(21-38)15-17-30)25-42(26-37(46)41-44-18-7-4-8-19-44)24-32-12-9-11-31-10-5-6-13-34(31)32/h5-6,9-17,22,27-28,35H,3-4,7-8,18-20,23-26H2,1-2H3,(H,40,45)(H,41,46)/t28-,35+/m0/s1. The summed E-state index contributed by atoms with van der Waals surface area (Å²) in [5.74, 6) is 0.102. The fraction of sp³-hybridized carbons (Fsp3) is 0.405. The molecule has 0 radical (unpaired) electrons. The number of aromatic nitrogens is 2. The highest BCUT2D eigenvalue weighted by molar-refractivity contribution is 5.85. The van der Waals surface area contributed by atoms with E-state index < -0.39 is 0 Å². The van der Waals surface area contributed by atoms with Gasteiger partial charge in [0.05, 0.1) is 30.9 Å². The van der Waals surface area contributed by atoms with E-state index in [2.05, 4.69) is 70.9 Å². The van der Waals surface area contributed by atoms with Crippen LogP contribution in [0.5, 0.6) is 0 Å². The number of nitriles is 1. The number of nitrogens with zero attached hydrogens (tertiary/aromatic N) is 5. The van der Waals surface area contributed by atoms with E-state index in [-0.39, 0.29) is 36.7 Å². The SMILES string of the molecule is CC[C@H](C)[C@@H](CN(CC(=O)NN1CCCCC1)Cc1cccc2ccccc12)NC(=O)Cc1cncn1Cc1ccc(C#N)cc1. The number of hydrogen-bond acceptors (Lipinski definition) is 6. The Kier molecular flexibility index (Phi) is 11.5. The van der Waals surface area contributed by atoms with Gasteiger partial charge in [0.15, 0.2) is 0 Å². The van der Waals surface area contributed by atoms with E-state index in [4.69, 9.17) is 5.26 Å². The zero-order valence-electron chi connectivity index (χ0n) is 27.0. The van der Waals surface area contributed by atoms with Crippen molar-refractivity contribution in [3.05, 3.63) is 102 Å². The average Bonchev–Trinajstić information content (AvgIpc) is 3.50. The quantitative estimate of drug-likeness (QED) is 0.205. The molecule has 0 bridgehead atoms. The first kappa shape index (κ1) is 32.9. The molecule has 1 aromatic heterocycles. The normalized spacial score (nSPS) is 14.9. The number of hydrogen-bond donors (Lipinski definition) is 2. The summed E-state index contributed by atoms with van der Waals surface area (Å²) in [6.45, 7) is 7.98. The predicted octanol–water partition coefficient (Wildman–Crippen LogP) is 5.05. The lowest BCUT2D eigenvalue weighted by molar-refractivity contribution is -0.127. The van der Waals surface area contributed by atoms with Gasteiger partial charge < -0.3 is 9.88 Å². The van der Waals surface area contributed by atoms with E-state index >= 15 is 0 Å². The second-order valence-electron chi connectivity index (χ2n) is 12.4. The number of carbonyl (C=O) groups is 2. The fourth-order valence-corrected chi connectivity index (χ4v) is 6.15. The molecule has 9 heteroatoms. The molecule has 2 amide bonds. The zero-order chi connectivity index (χ0) is 32.3. The van der Waals surface area contributed by atoms with Crippen LogP contribution < -0.4 is 10.7 Å². The summed E-state index contributed by atoms with van der Waals surface area (Å²) in [4.78, 5) is 33.4. The number of nitrogens with one attached hydrogen (secondary N) is 2. The molecule has 2 heterocycles. The highest BCUT2D eigenvalue weighted by atomic mass is 16.2.